The molecule has 2 unspecified atom stereocenters. The van der Waals surface area contributed by atoms with E-state index in [2.05, 4.69) is 50.3 Å². The Morgan fingerprint density at radius 2 is 1.06 bits per heavy atom. The molecule has 0 aromatic heterocycles. The van der Waals surface area contributed by atoms with E-state index in [1.165, 1.54) is 96.3 Å². The topological polar surface area (TPSA) is 134 Å². The summed E-state index contributed by atoms with van der Waals surface area (Å²) in [5.41, 5.74) is 5.34. The van der Waals surface area contributed by atoms with Crippen molar-refractivity contribution in [3.63, 3.8) is 0 Å². The van der Waals surface area contributed by atoms with E-state index in [1.54, 1.807) is 0 Å². The molecule has 0 fully saturated rings. The molecule has 0 aromatic carbocycles. The highest BCUT2D eigenvalue weighted by atomic mass is 31.2. The van der Waals surface area contributed by atoms with Crippen LogP contribution in [-0.2, 0) is 32.7 Å². The van der Waals surface area contributed by atoms with E-state index in [-0.39, 0.29) is 38.6 Å². The third kappa shape index (κ3) is 38.0. The normalized spacial score (nSPS) is 13.7. The molecule has 0 aliphatic rings. The lowest BCUT2D eigenvalue weighted by atomic mass is 10.0. The maximum atomic E-state index is 12.5. The fraction of sp³-hybridized carbons (Fsp3) is 0.810. The first-order chi connectivity index (χ1) is 25.3. The van der Waals surface area contributed by atoms with Crippen LogP contribution in [-0.4, -0.2) is 49.3 Å². The molecule has 0 saturated carbocycles. The van der Waals surface area contributed by atoms with Crippen molar-refractivity contribution in [2.24, 2.45) is 5.73 Å². The van der Waals surface area contributed by atoms with Gasteiger partial charge in [0.2, 0.25) is 0 Å². The van der Waals surface area contributed by atoms with Gasteiger partial charge in [-0.15, -0.1) is 0 Å². The first kappa shape index (κ1) is 50.2. The predicted octanol–water partition coefficient (Wildman–Crippen LogP) is 11.8. The van der Waals surface area contributed by atoms with Crippen LogP contribution >= 0.6 is 7.82 Å². The summed E-state index contributed by atoms with van der Waals surface area (Å²) in [6.07, 6.45) is 41.8. The van der Waals surface area contributed by atoms with Crippen molar-refractivity contribution in [1.29, 1.82) is 0 Å². The second kappa shape index (κ2) is 38.9. The summed E-state index contributed by atoms with van der Waals surface area (Å²) >= 11 is 0. The van der Waals surface area contributed by atoms with Crippen molar-refractivity contribution >= 4 is 19.8 Å². The Morgan fingerprint density at radius 1 is 0.596 bits per heavy atom. The number of ether oxygens (including phenoxy) is 2. The number of nitrogens with two attached hydrogens (primary N) is 1. The Morgan fingerprint density at radius 3 is 1.58 bits per heavy atom. The largest absolute Gasteiger partial charge is 0.472 e. The molecule has 0 aromatic rings. The Labute approximate surface area is 318 Å². The quantitative estimate of drug-likeness (QED) is 0.0272. The molecule has 0 rings (SSSR count). The van der Waals surface area contributed by atoms with E-state index >= 15 is 0 Å². The van der Waals surface area contributed by atoms with Crippen molar-refractivity contribution in [2.45, 2.75) is 193 Å². The fourth-order valence-electron chi connectivity index (χ4n) is 5.71. The number of rotatable bonds is 39. The van der Waals surface area contributed by atoms with E-state index in [0.717, 1.165) is 57.8 Å². The second-order valence-corrected chi connectivity index (χ2v) is 15.3. The number of hydrogen-bond acceptors (Lipinski definition) is 8. The van der Waals surface area contributed by atoms with E-state index in [4.69, 9.17) is 24.3 Å². The SMILES string of the molecule is CC/C=C\C/C=C\C/C=C\CCCCCC(=O)OC(COC(=O)CCCCCCCCCCCCCCCCCCCC)COP(=O)(O)OCCN. The smallest absolute Gasteiger partial charge is 0.462 e. The van der Waals surface area contributed by atoms with E-state index < -0.39 is 26.5 Å². The van der Waals surface area contributed by atoms with Gasteiger partial charge < -0.3 is 20.1 Å². The summed E-state index contributed by atoms with van der Waals surface area (Å²) in [6, 6.07) is 0. The fourth-order valence-corrected chi connectivity index (χ4v) is 6.47. The molecule has 0 aliphatic carbocycles. The van der Waals surface area contributed by atoms with Gasteiger partial charge in [-0.25, -0.2) is 4.57 Å². The minimum Gasteiger partial charge on any atom is -0.462 e. The van der Waals surface area contributed by atoms with Crippen LogP contribution < -0.4 is 5.73 Å². The molecular formula is C42H78NO8P. The van der Waals surface area contributed by atoms with Gasteiger partial charge >= 0.3 is 19.8 Å². The number of unbranched alkanes of at least 4 members (excludes halogenated alkanes) is 20. The molecule has 304 valence electrons. The number of carbonyl (C=O) groups excluding carboxylic acids is 2. The number of hydrogen-bond donors (Lipinski definition) is 2. The van der Waals surface area contributed by atoms with Gasteiger partial charge in [-0.05, 0) is 44.9 Å². The van der Waals surface area contributed by atoms with Gasteiger partial charge in [-0.2, -0.15) is 0 Å². The van der Waals surface area contributed by atoms with Gasteiger partial charge in [0.1, 0.15) is 6.61 Å². The van der Waals surface area contributed by atoms with Crippen molar-refractivity contribution in [1.82, 2.24) is 0 Å². The zero-order valence-corrected chi connectivity index (χ0v) is 34.2. The minimum atomic E-state index is -4.38. The van der Waals surface area contributed by atoms with Crippen LogP contribution in [0.2, 0.25) is 0 Å². The number of allylic oxidation sites excluding steroid dienone is 6. The Balaban J connectivity index is 4.15. The summed E-state index contributed by atoms with van der Waals surface area (Å²) in [6.45, 7) is 3.59. The number of carbonyl (C=O) groups is 2. The van der Waals surface area contributed by atoms with Crippen molar-refractivity contribution in [2.75, 3.05) is 26.4 Å². The molecular weight excluding hydrogens is 677 g/mol. The maximum absolute atomic E-state index is 12.5. The van der Waals surface area contributed by atoms with E-state index in [0.29, 0.717) is 6.42 Å². The molecule has 0 heterocycles. The summed E-state index contributed by atoms with van der Waals surface area (Å²) in [4.78, 5) is 34.8. The van der Waals surface area contributed by atoms with Gasteiger partial charge in [-0.1, -0.05) is 166 Å². The van der Waals surface area contributed by atoms with Crippen LogP contribution in [0.1, 0.15) is 187 Å². The van der Waals surface area contributed by atoms with Crippen molar-refractivity contribution in [3.05, 3.63) is 36.5 Å². The third-order valence-corrected chi connectivity index (χ3v) is 9.77. The first-order valence-electron chi connectivity index (χ1n) is 21.0. The molecule has 0 saturated heterocycles. The van der Waals surface area contributed by atoms with Crippen molar-refractivity contribution in [3.8, 4) is 0 Å². The second-order valence-electron chi connectivity index (χ2n) is 13.8. The van der Waals surface area contributed by atoms with Gasteiger partial charge in [0.15, 0.2) is 6.10 Å². The van der Waals surface area contributed by atoms with Crippen LogP contribution in [0.5, 0.6) is 0 Å². The number of phosphoric acid groups is 1. The van der Waals surface area contributed by atoms with Crippen LogP contribution in [0.3, 0.4) is 0 Å². The van der Waals surface area contributed by atoms with Gasteiger partial charge in [0, 0.05) is 19.4 Å². The molecule has 52 heavy (non-hydrogen) atoms. The summed E-state index contributed by atoms with van der Waals surface area (Å²) in [7, 11) is -4.38. The zero-order chi connectivity index (χ0) is 38.2. The maximum Gasteiger partial charge on any atom is 0.472 e. The monoisotopic (exact) mass is 756 g/mol. The average Bonchev–Trinajstić information content (AvgIpc) is 3.13. The Bertz CT molecular complexity index is 954. The molecule has 10 heteroatoms. The minimum absolute atomic E-state index is 0.0488. The lowest BCUT2D eigenvalue weighted by Gasteiger charge is -2.19. The molecule has 0 aliphatic heterocycles. The molecule has 0 amide bonds. The van der Waals surface area contributed by atoms with Gasteiger partial charge in [-0.3, -0.25) is 18.6 Å². The van der Waals surface area contributed by atoms with Crippen LogP contribution in [0, 0.1) is 0 Å². The van der Waals surface area contributed by atoms with E-state index in [9.17, 15) is 19.0 Å². The highest BCUT2D eigenvalue weighted by Gasteiger charge is 2.26. The standard InChI is InChI=1S/C42H78NO8P/c1-3-5-7-9-11-13-15-17-18-19-20-21-23-24-26-28-30-32-34-41(44)48-38-40(39-50-52(46,47)49-37-36-43)51-42(45)35-33-31-29-27-25-22-16-14-12-10-8-6-4-2/h6,8,12,14,22,25,40H,3-5,7,9-11,13,15-21,23-24,26-39,43H2,1-2H3,(H,46,47)/b8-6-,14-12-,25-22-. The summed E-state index contributed by atoms with van der Waals surface area (Å²) in [5, 5.41) is 0. The molecule has 0 spiro atoms. The average molecular weight is 756 g/mol. The molecule has 3 N–H and O–H groups in total. The third-order valence-electron chi connectivity index (χ3n) is 8.79. The molecule has 0 bridgehead atoms. The molecule has 0 radical (unpaired) electrons. The van der Waals surface area contributed by atoms with Crippen molar-refractivity contribution < 1.29 is 37.6 Å². The highest BCUT2D eigenvalue weighted by molar-refractivity contribution is 7.47. The summed E-state index contributed by atoms with van der Waals surface area (Å²) in [5.74, 6) is -0.859. The number of phosphoric ester groups is 1. The van der Waals surface area contributed by atoms with E-state index in [1.807, 2.05) is 0 Å². The lowest BCUT2D eigenvalue weighted by molar-refractivity contribution is -0.161. The molecule has 2 atom stereocenters. The zero-order valence-electron chi connectivity index (χ0n) is 33.3. The predicted molar refractivity (Wildman–Crippen MR) is 215 cm³/mol. The van der Waals surface area contributed by atoms with Crippen LogP contribution in [0.4, 0.5) is 0 Å². The first-order valence-corrected chi connectivity index (χ1v) is 22.5. The van der Waals surface area contributed by atoms with Gasteiger partial charge in [0.25, 0.3) is 0 Å². The molecule has 9 nitrogen and oxygen atoms in total. The Kier molecular flexibility index (Phi) is 37.6. The van der Waals surface area contributed by atoms with Gasteiger partial charge in [0.05, 0.1) is 13.2 Å². The van der Waals surface area contributed by atoms with Crippen LogP contribution in [0.25, 0.3) is 0 Å². The number of esters is 2. The Hall–Kier alpha value is -1.77. The highest BCUT2D eigenvalue weighted by Crippen LogP contribution is 2.43. The van der Waals surface area contributed by atoms with Crippen LogP contribution in [0.15, 0.2) is 36.5 Å². The lowest BCUT2D eigenvalue weighted by Crippen LogP contribution is -2.29. The summed E-state index contributed by atoms with van der Waals surface area (Å²) < 4.78 is 32.7.